The van der Waals surface area contributed by atoms with Crippen LogP contribution in [0.25, 0.3) is 0 Å². The van der Waals surface area contributed by atoms with Gasteiger partial charge in [0, 0.05) is 0 Å². The predicted molar refractivity (Wildman–Crippen MR) is 105 cm³/mol. The average Bonchev–Trinajstić information content (AvgIpc) is 2.59. The van der Waals surface area contributed by atoms with Gasteiger partial charge >= 0.3 is 10.4 Å². The van der Waals surface area contributed by atoms with E-state index < -0.39 is 53.3 Å². The molecular weight excluding hydrogens is 464 g/mol. The molecule has 164 valence electrons. The van der Waals surface area contributed by atoms with E-state index in [1.165, 1.54) is 24.3 Å². The molecule has 0 amide bonds. The topological polar surface area (TPSA) is 229 Å². The molecule has 0 saturated heterocycles. The molecule has 13 nitrogen and oxygen atoms in total. The van der Waals surface area contributed by atoms with E-state index in [0.717, 1.165) is 12.1 Å². The molecule has 0 spiro atoms. The van der Waals surface area contributed by atoms with Crippen molar-refractivity contribution in [2.24, 2.45) is 10.2 Å². The monoisotopic (exact) mass is 480 g/mol. The Bertz CT molecular complexity index is 1290. The molecule has 6 N–H and O–H groups in total. The highest BCUT2D eigenvalue weighted by Crippen LogP contribution is 2.35. The van der Waals surface area contributed by atoms with E-state index in [2.05, 4.69) is 14.4 Å². The molecule has 2 aromatic carbocycles. The first-order valence-corrected chi connectivity index (χ1v) is 12.2. The number of benzene rings is 2. The summed E-state index contributed by atoms with van der Waals surface area (Å²) in [5.74, 6) is -0.705. The van der Waals surface area contributed by atoms with Crippen LogP contribution in [-0.4, -0.2) is 46.7 Å². The van der Waals surface area contributed by atoms with Gasteiger partial charge in [0.15, 0.2) is 9.84 Å². The molecule has 0 atom stereocenters. The molecule has 2 rings (SSSR count). The van der Waals surface area contributed by atoms with Crippen LogP contribution in [0.1, 0.15) is 0 Å². The summed E-state index contributed by atoms with van der Waals surface area (Å²) in [5.41, 5.74) is 10.9. The van der Waals surface area contributed by atoms with Gasteiger partial charge in [0.1, 0.15) is 10.6 Å². The van der Waals surface area contributed by atoms with Crippen molar-refractivity contribution in [3.63, 3.8) is 0 Å². The van der Waals surface area contributed by atoms with Crippen molar-refractivity contribution < 1.29 is 38.5 Å². The molecule has 0 aromatic heterocycles. The van der Waals surface area contributed by atoms with Crippen LogP contribution >= 0.6 is 0 Å². The van der Waals surface area contributed by atoms with Crippen molar-refractivity contribution in [2.75, 3.05) is 23.8 Å². The third kappa shape index (κ3) is 6.18. The maximum absolute atomic E-state index is 12.1. The molecule has 16 heteroatoms. The van der Waals surface area contributed by atoms with Crippen LogP contribution in [0.15, 0.2) is 56.4 Å². The predicted octanol–water partition coefficient (Wildman–Crippen LogP) is 1.11. The molecule has 0 saturated carbocycles. The van der Waals surface area contributed by atoms with E-state index in [-0.39, 0.29) is 22.0 Å². The van der Waals surface area contributed by atoms with E-state index in [1.807, 2.05) is 0 Å². The molecule has 2 aromatic rings. The first-order chi connectivity index (χ1) is 13.7. The number of rotatable bonds is 8. The van der Waals surface area contributed by atoms with E-state index in [1.54, 1.807) is 0 Å². The molecule has 0 aliphatic carbocycles. The zero-order valence-corrected chi connectivity index (χ0v) is 17.4. The number of azo groups is 1. The molecule has 0 bridgehead atoms. The second-order valence-corrected chi connectivity index (χ2v) is 10.2. The first kappa shape index (κ1) is 23.6. The number of sulfone groups is 1. The fourth-order valence-corrected chi connectivity index (χ4v) is 4.24. The summed E-state index contributed by atoms with van der Waals surface area (Å²) in [4.78, 5) is -0.771. The van der Waals surface area contributed by atoms with Crippen molar-refractivity contribution in [2.45, 2.75) is 9.79 Å². The van der Waals surface area contributed by atoms with E-state index in [9.17, 15) is 25.3 Å². The SMILES string of the molecule is Nc1ccc(S(=O)(=O)O)c(N)c1N=Nc1ccc(S(=O)(=O)CCOS(=O)(=O)O)cc1. The number of nitrogens with two attached hydrogens (primary N) is 2. The highest BCUT2D eigenvalue weighted by molar-refractivity contribution is 7.91. The first-order valence-electron chi connectivity index (χ1n) is 7.72. The summed E-state index contributed by atoms with van der Waals surface area (Å²) in [6, 6.07) is 7.03. The van der Waals surface area contributed by atoms with Gasteiger partial charge in [0.05, 0.1) is 34.3 Å². The lowest BCUT2D eigenvalue weighted by molar-refractivity contribution is 0.284. The third-order valence-corrected chi connectivity index (χ3v) is 6.60. The lowest BCUT2D eigenvalue weighted by atomic mass is 10.2. The summed E-state index contributed by atoms with van der Waals surface area (Å²) in [6.45, 7) is -0.773. The quantitative estimate of drug-likeness (QED) is 0.237. The van der Waals surface area contributed by atoms with Crippen molar-refractivity contribution in [3.8, 4) is 0 Å². The van der Waals surface area contributed by atoms with Gasteiger partial charge in [-0.15, -0.1) is 5.11 Å². The zero-order valence-electron chi connectivity index (χ0n) is 14.9. The maximum Gasteiger partial charge on any atom is 0.397 e. The number of nitrogens with zero attached hydrogens (tertiary/aromatic N) is 2. The Morgan fingerprint density at radius 2 is 1.47 bits per heavy atom. The van der Waals surface area contributed by atoms with Gasteiger partial charge in [-0.3, -0.25) is 9.11 Å². The van der Waals surface area contributed by atoms with Crippen LogP contribution in [0.4, 0.5) is 22.7 Å². The highest BCUT2D eigenvalue weighted by Gasteiger charge is 2.19. The van der Waals surface area contributed by atoms with E-state index >= 15 is 0 Å². The van der Waals surface area contributed by atoms with Crippen molar-refractivity contribution in [3.05, 3.63) is 36.4 Å². The molecule has 0 radical (unpaired) electrons. The van der Waals surface area contributed by atoms with Gasteiger partial charge in [-0.05, 0) is 36.4 Å². The fraction of sp³-hybridized carbons (Fsp3) is 0.143. The van der Waals surface area contributed by atoms with Gasteiger partial charge in [0.25, 0.3) is 10.1 Å². The van der Waals surface area contributed by atoms with Crippen molar-refractivity contribution >= 4 is 53.1 Å². The second kappa shape index (κ2) is 8.62. The van der Waals surface area contributed by atoms with Gasteiger partial charge in [-0.2, -0.15) is 21.9 Å². The number of hydrogen-bond acceptors (Lipinski definition) is 11. The smallest absolute Gasteiger partial charge is 0.397 e. The molecule has 0 aliphatic rings. The highest BCUT2D eigenvalue weighted by atomic mass is 32.3. The summed E-state index contributed by atoms with van der Waals surface area (Å²) >= 11 is 0. The second-order valence-electron chi connectivity index (χ2n) is 5.65. The minimum absolute atomic E-state index is 0.0123. The summed E-state index contributed by atoms with van der Waals surface area (Å²) in [5, 5.41) is 7.55. The Kier molecular flexibility index (Phi) is 6.80. The standard InChI is InChI=1S/C14H16N4O9S3/c15-11-5-6-12(29(21,22)23)13(16)14(11)18-17-9-1-3-10(4-2-9)28(19,20)8-7-27-30(24,25)26/h1-6H,7-8,15-16H2,(H,21,22,23)(H,24,25,26). The molecule has 0 heterocycles. The Hall–Kier alpha value is -2.63. The van der Waals surface area contributed by atoms with Crippen molar-refractivity contribution in [1.82, 2.24) is 0 Å². The van der Waals surface area contributed by atoms with Crippen LogP contribution in [0.5, 0.6) is 0 Å². The molecule has 30 heavy (non-hydrogen) atoms. The van der Waals surface area contributed by atoms with Crippen LogP contribution < -0.4 is 11.5 Å². The number of anilines is 2. The lowest BCUT2D eigenvalue weighted by Crippen LogP contribution is -2.15. The molecular formula is C14H16N4O9S3. The zero-order chi connectivity index (χ0) is 22.7. The molecule has 0 fully saturated rings. The normalized spacial score (nSPS) is 13.0. The van der Waals surface area contributed by atoms with Crippen molar-refractivity contribution in [1.29, 1.82) is 0 Å². The van der Waals surface area contributed by atoms with Crippen LogP contribution in [0, 0.1) is 0 Å². The number of nitrogen functional groups attached to an aromatic ring is 2. The van der Waals surface area contributed by atoms with Gasteiger partial charge in [-0.1, -0.05) is 0 Å². The van der Waals surface area contributed by atoms with Gasteiger partial charge < -0.3 is 11.5 Å². The van der Waals surface area contributed by atoms with Gasteiger partial charge in [0.2, 0.25) is 0 Å². The minimum atomic E-state index is -4.75. The summed E-state index contributed by atoms with van der Waals surface area (Å²) < 4.78 is 89.3. The van der Waals surface area contributed by atoms with E-state index in [4.69, 9.17) is 20.6 Å². The average molecular weight is 481 g/mol. The summed E-state index contributed by atoms with van der Waals surface area (Å²) in [7, 11) is -13.3. The largest absolute Gasteiger partial charge is 0.397 e. The molecule has 0 aliphatic heterocycles. The minimum Gasteiger partial charge on any atom is -0.397 e. The van der Waals surface area contributed by atoms with Crippen LogP contribution in [0.3, 0.4) is 0 Å². The third-order valence-electron chi connectivity index (χ3n) is 3.53. The summed E-state index contributed by atoms with van der Waals surface area (Å²) in [6.07, 6.45) is 0. The maximum atomic E-state index is 12.1. The van der Waals surface area contributed by atoms with Gasteiger partial charge in [-0.25, -0.2) is 12.6 Å². The fourth-order valence-electron chi connectivity index (χ4n) is 2.14. The Morgan fingerprint density at radius 3 is 2.00 bits per heavy atom. The van der Waals surface area contributed by atoms with Crippen LogP contribution in [0.2, 0.25) is 0 Å². The van der Waals surface area contributed by atoms with Crippen LogP contribution in [-0.2, 0) is 34.5 Å². The molecule has 0 unspecified atom stereocenters. The lowest BCUT2D eigenvalue weighted by Gasteiger charge is -2.07. The Morgan fingerprint density at radius 1 is 0.867 bits per heavy atom. The number of hydrogen-bond donors (Lipinski definition) is 4. The van der Waals surface area contributed by atoms with E-state index in [0.29, 0.717) is 0 Å². The Balaban J connectivity index is 2.23. The Labute approximate surface area is 172 Å².